The Morgan fingerprint density at radius 2 is 2.00 bits per heavy atom. The summed E-state index contributed by atoms with van der Waals surface area (Å²) in [5.41, 5.74) is 0.801. The summed E-state index contributed by atoms with van der Waals surface area (Å²) >= 11 is 3.40. The summed E-state index contributed by atoms with van der Waals surface area (Å²) in [7, 11) is -1.45. The van der Waals surface area contributed by atoms with E-state index in [1.807, 2.05) is 6.92 Å². The Morgan fingerprint density at radius 1 is 1.41 bits per heavy atom. The van der Waals surface area contributed by atoms with Crippen molar-refractivity contribution in [2.45, 2.75) is 25.5 Å². The lowest BCUT2D eigenvalue weighted by Gasteiger charge is -2.13. The van der Waals surface area contributed by atoms with Crippen molar-refractivity contribution in [2.24, 2.45) is 0 Å². The molecule has 0 aliphatic carbocycles. The summed E-state index contributed by atoms with van der Waals surface area (Å²) in [6.07, 6.45) is 1.90. The van der Waals surface area contributed by atoms with Crippen molar-refractivity contribution in [2.75, 3.05) is 18.6 Å². The van der Waals surface area contributed by atoms with Crippen molar-refractivity contribution in [3.05, 3.63) is 16.0 Å². The number of hydrogen-bond acceptors (Lipinski definition) is 5. The highest BCUT2D eigenvalue weighted by Gasteiger charge is 2.22. The van der Waals surface area contributed by atoms with Crippen molar-refractivity contribution in [3.63, 3.8) is 0 Å². The second kappa shape index (κ2) is 5.30. The van der Waals surface area contributed by atoms with Gasteiger partial charge in [-0.2, -0.15) is 0 Å². The normalized spacial score (nSPS) is 13.5. The maximum atomic E-state index is 11.5. The SMILES string of the molecule is CCc1nc(C(C)S(C)(=O)=O)nc(NC)c1Br. The van der Waals surface area contributed by atoms with Gasteiger partial charge in [-0.05, 0) is 29.3 Å². The van der Waals surface area contributed by atoms with E-state index in [-0.39, 0.29) is 0 Å². The number of anilines is 1. The molecule has 1 aromatic heterocycles. The number of nitrogens with zero attached hydrogens (tertiary/aromatic N) is 2. The van der Waals surface area contributed by atoms with Crippen molar-refractivity contribution >= 4 is 31.6 Å². The molecule has 0 fully saturated rings. The van der Waals surface area contributed by atoms with Gasteiger partial charge in [-0.1, -0.05) is 6.92 Å². The van der Waals surface area contributed by atoms with Gasteiger partial charge in [0.1, 0.15) is 16.9 Å². The number of sulfone groups is 1. The molecule has 1 aromatic rings. The molecule has 1 rings (SSSR count). The maximum Gasteiger partial charge on any atom is 0.157 e. The first kappa shape index (κ1) is 14.4. The fourth-order valence-corrected chi connectivity index (χ4v) is 2.43. The van der Waals surface area contributed by atoms with Crippen LogP contribution in [0.1, 0.15) is 30.6 Å². The van der Waals surface area contributed by atoms with Crippen LogP contribution in [0.4, 0.5) is 5.82 Å². The van der Waals surface area contributed by atoms with Gasteiger partial charge in [-0.3, -0.25) is 0 Å². The van der Waals surface area contributed by atoms with E-state index in [0.29, 0.717) is 18.1 Å². The Kier molecular flexibility index (Phi) is 4.48. The van der Waals surface area contributed by atoms with Crippen LogP contribution in [0.25, 0.3) is 0 Å². The minimum Gasteiger partial charge on any atom is -0.372 e. The number of nitrogens with one attached hydrogen (secondary N) is 1. The highest BCUT2D eigenvalue weighted by atomic mass is 79.9. The van der Waals surface area contributed by atoms with Gasteiger partial charge >= 0.3 is 0 Å². The van der Waals surface area contributed by atoms with Gasteiger partial charge in [0.15, 0.2) is 9.84 Å². The number of aromatic nitrogens is 2. The molecule has 1 atom stereocenters. The first-order chi connectivity index (χ1) is 7.81. The van der Waals surface area contributed by atoms with Crippen LogP contribution in [0.15, 0.2) is 4.47 Å². The minimum absolute atomic E-state index is 0.330. The molecule has 0 amide bonds. The molecule has 0 spiro atoms. The van der Waals surface area contributed by atoms with E-state index in [1.165, 1.54) is 6.26 Å². The van der Waals surface area contributed by atoms with Crippen LogP contribution >= 0.6 is 15.9 Å². The fraction of sp³-hybridized carbons (Fsp3) is 0.600. The zero-order chi connectivity index (χ0) is 13.2. The van der Waals surface area contributed by atoms with E-state index < -0.39 is 15.1 Å². The van der Waals surface area contributed by atoms with Crippen molar-refractivity contribution < 1.29 is 8.42 Å². The molecule has 96 valence electrons. The second-order valence-corrected chi connectivity index (χ2v) is 6.93. The lowest BCUT2D eigenvalue weighted by atomic mass is 10.3. The van der Waals surface area contributed by atoms with Gasteiger partial charge < -0.3 is 5.32 Å². The first-order valence-electron chi connectivity index (χ1n) is 5.24. The van der Waals surface area contributed by atoms with Crippen LogP contribution in [-0.4, -0.2) is 31.7 Å². The summed E-state index contributed by atoms with van der Waals surface area (Å²) in [4.78, 5) is 8.51. The third kappa shape index (κ3) is 3.16. The molecule has 0 saturated carbocycles. The Balaban J connectivity index is 3.36. The van der Waals surface area contributed by atoms with E-state index in [2.05, 4.69) is 31.2 Å². The molecule has 7 heteroatoms. The molecule has 1 heterocycles. The van der Waals surface area contributed by atoms with Gasteiger partial charge in [0.2, 0.25) is 0 Å². The fourth-order valence-electron chi connectivity index (χ4n) is 1.29. The molecule has 0 aliphatic heterocycles. The summed E-state index contributed by atoms with van der Waals surface area (Å²) in [5, 5.41) is 2.22. The van der Waals surface area contributed by atoms with Crippen molar-refractivity contribution in [1.29, 1.82) is 0 Å². The Hall–Kier alpha value is -0.690. The van der Waals surface area contributed by atoms with E-state index in [4.69, 9.17) is 0 Å². The van der Waals surface area contributed by atoms with Crippen LogP contribution in [0.3, 0.4) is 0 Å². The maximum absolute atomic E-state index is 11.5. The quantitative estimate of drug-likeness (QED) is 0.917. The zero-order valence-electron chi connectivity index (χ0n) is 10.3. The molecule has 1 unspecified atom stereocenters. The van der Waals surface area contributed by atoms with Gasteiger partial charge in [0.25, 0.3) is 0 Å². The van der Waals surface area contributed by atoms with Crippen LogP contribution in [0.5, 0.6) is 0 Å². The Morgan fingerprint density at radius 3 is 2.41 bits per heavy atom. The first-order valence-corrected chi connectivity index (χ1v) is 7.98. The average Bonchev–Trinajstić information content (AvgIpc) is 2.27. The average molecular weight is 322 g/mol. The standard InChI is InChI=1S/C10H16BrN3O2S/c1-5-7-8(11)10(12-3)14-9(13-7)6(2)17(4,15)16/h6H,5H2,1-4H3,(H,12,13,14). The highest BCUT2D eigenvalue weighted by Crippen LogP contribution is 2.27. The number of halogens is 1. The largest absolute Gasteiger partial charge is 0.372 e. The highest BCUT2D eigenvalue weighted by molar-refractivity contribution is 9.10. The summed E-state index contributed by atoms with van der Waals surface area (Å²) in [6, 6.07) is 0. The summed E-state index contributed by atoms with van der Waals surface area (Å²) < 4.78 is 23.8. The second-order valence-electron chi connectivity index (χ2n) is 3.77. The molecule has 5 nitrogen and oxygen atoms in total. The molecule has 0 radical (unpaired) electrons. The molecular weight excluding hydrogens is 306 g/mol. The van der Waals surface area contributed by atoms with Crippen LogP contribution in [0.2, 0.25) is 0 Å². The van der Waals surface area contributed by atoms with Gasteiger partial charge in [0.05, 0.1) is 10.2 Å². The predicted octanol–water partition coefficient (Wildman–Crippen LogP) is 1.95. The minimum atomic E-state index is -3.19. The monoisotopic (exact) mass is 321 g/mol. The topological polar surface area (TPSA) is 72.0 Å². The summed E-state index contributed by atoms with van der Waals surface area (Å²) in [5.74, 6) is 0.944. The molecule has 0 aromatic carbocycles. The molecule has 17 heavy (non-hydrogen) atoms. The van der Waals surface area contributed by atoms with Crippen LogP contribution < -0.4 is 5.32 Å². The zero-order valence-corrected chi connectivity index (χ0v) is 12.7. The third-order valence-corrected chi connectivity index (χ3v) is 4.84. The number of rotatable bonds is 4. The lowest BCUT2D eigenvalue weighted by molar-refractivity contribution is 0.589. The lowest BCUT2D eigenvalue weighted by Crippen LogP contribution is -2.14. The van der Waals surface area contributed by atoms with Crippen LogP contribution in [0, 0.1) is 0 Å². The van der Waals surface area contributed by atoms with E-state index in [9.17, 15) is 8.42 Å². The van der Waals surface area contributed by atoms with Crippen molar-refractivity contribution in [1.82, 2.24) is 9.97 Å². The number of aryl methyl sites for hydroxylation is 1. The Bertz CT molecular complexity index is 491. The van der Waals surface area contributed by atoms with E-state index in [1.54, 1.807) is 14.0 Å². The molecule has 1 N–H and O–H groups in total. The van der Waals surface area contributed by atoms with Gasteiger partial charge in [-0.15, -0.1) is 0 Å². The summed E-state index contributed by atoms with van der Waals surface area (Å²) in [6.45, 7) is 3.55. The molecular formula is C10H16BrN3O2S. The van der Waals surface area contributed by atoms with E-state index in [0.717, 1.165) is 10.2 Å². The Labute approximate surface area is 110 Å². The molecule has 0 aliphatic rings. The predicted molar refractivity (Wildman–Crippen MR) is 71.9 cm³/mol. The number of hydrogen-bond donors (Lipinski definition) is 1. The van der Waals surface area contributed by atoms with Gasteiger partial charge in [0, 0.05) is 13.3 Å². The van der Waals surface area contributed by atoms with Crippen molar-refractivity contribution in [3.8, 4) is 0 Å². The van der Waals surface area contributed by atoms with E-state index >= 15 is 0 Å². The third-order valence-electron chi connectivity index (χ3n) is 2.51. The van der Waals surface area contributed by atoms with Crippen LogP contribution in [-0.2, 0) is 16.3 Å². The smallest absolute Gasteiger partial charge is 0.157 e. The molecule has 0 saturated heterocycles. The molecule has 0 bridgehead atoms. The van der Waals surface area contributed by atoms with Gasteiger partial charge in [-0.25, -0.2) is 18.4 Å².